The molecular formula is C19H19ClN2O4S. The lowest BCUT2D eigenvalue weighted by molar-refractivity contribution is -0.124. The number of hydrogen-bond acceptors (Lipinski definition) is 4. The fourth-order valence-electron chi connectivity index (χ4n) is 3.13. The second-order valence-corrected chi connectivity index (χ2v) is 7.26. The van der Waals surface area contributed by atoms with Crippen molar-refractivity contribution in [2.45, 2.75) is 32.1 Å². The molecule has 0 spiro atoms. The maximum Gasteiger partial charge on any atom is 0.371 e. The minimum Gasteiger partial charge on any atom is -0.475 e. The van der Waals surface area contributed by atoms with E-state index in [4.69, 9.17) is 33.3 Å². The van der Waals surface area contributed by atoms with E-state index in [9.17, 15) is 9.59 Å². The van der Waals surface area contributed by atoms with Gasteiger partial charge in [-0.1, -0.05) is 30.9 Å². The molecule has 1 aromatic carbocycles. The van der Waals surface area contributed by atoms with Gasteiger partial charge in [0.25, 0.3) is 0 Å². The van der Waals surface area contributed by atoms with Crippen LogP contribution in [0.15, 0.2) is 34.7 Å². The Labute approximate surface area is 166 Å². The largest absolute Gasteiger partial charge is 0.475 e. The second-order valence-electron chi connectivity index (χ2n) is 6.44. The van der Waals surface area contributed by atoms with Crippen molar-refractivity contribution in [3.63, 3.8) is 0 Å². The van der Waals surface area contributed by atoms with Crippen LogP contribution in [0.1, 0.15) is 42.7 Å². The topological polar surface area (TPSA) is 91.6 Å². The zero-order valence-electron chi connectivity index (χ0n) is 14.5. The SMILES string of the molecule is O=C(O)c1ccc(-c2cc(NC(=S)NC(=O)C3CCCCC3)ccc2Cl)o1. The van der Waals surface area contributed by atoms with Gasteiger partial charge in [0.1, 0.15) is 5.76 Å². The van der Waals surface area contributed by atoms with E-state index in [0.29, 0.717) is 22.0 Å². The number of carboxylic acid groups (broad SMARTS) is 1. The molecule has 1 aliphatic rings. The predicted octanol–water partition coefficient (Wildman–Crippen LogP) is 4.69. The van der Waals surface area contributed by atoms with Crippen molar-refractivity contribution in [3.05, 3.63) is 41.1 Å². The molecule has 3 rings (SSSR count). The number of benzene rings is 1. The Kier molecular flexibility index (Phi) is 6.13. The van der Waals surface area contributed by atoms with Crippen LogP contribution in [0.5, 0.6) is 0 Å². The normalized spacial score (nSPS) is 14.6. The molecule has 1 amide bonds. The Morgan fingerprint density at radius 1 is 1.15 bits per heavy atom. The Balaban J connectivity index is 1.68. The average molecular weight is 407 g/mol. The minimum atomic E-state index is -1.15. The number of furan rings is 1. The summed E-state index contributed by atoms with van der Waals surface area (Å²) in [4.78, 5) is 23.3. The van der Waals surface area contributed by atoms with E-state index in [0.717, 1.165) is 25.7 Å². The van der Waals surface area contributed by atoms with Gasteiger partial charge >= 0.3 is 5.97 Å². The number of halogens is 1. The van der Waals surface area contributed by atoms with E-state index in [1.165, 1.54) is 18.6 Å². The minimum absolute atomic E-state index is 0.0110. The van der Waals surface area contributed by atoms with Crippen LogP contribution in [0, 0.1) is 5.92 Å². The number of anilines is 1. The molecule has 0 radical (unpaired) electrons. The predicted molar refractivity (Wildman–Crippen MR) is 107 cm³/mol. The third-order valence-electron chi connectivity index (χ3n) is 4.52. The second kappa shape index (κ2) is 8.54. The van der Waals surface area contributed by atoms with Crippen LogP contribution in [-0.4, -0.2) is 22.1 Å². The van der Waals surface area contributed by atoms with Gasteiger partial charge in [0.05, 0.1) is 5.02 Å². The molecule has 2 aromatic rings. The zero-order chi connectivity index (χ0) is 19.4. The van der Waals surface area contributed by atoms with Gasteiger partial charge in [0, 0.05) is 17.2 Å². The molecule has 1 aromatic heterocycles. The van der Waals surface area contributed by atoms with Gasteiger partial charge < -0.3 is 20.2 Å². The molecule has 6 nitrogen and oxygen atoms in total. The Morgan fingerprint density at radius 2 is 1.89 bits per heavy atom. The van der Waals surface area contributed by atoms with Crippen molar-refractivity contribution in [2.75, 3.05) is 5.32 Å². The van der Waals surface area contributed by atoms with Crippen LogP contribution in [0.25, 0.3) is 11.3 Å². The van der Waals surface area contributed by atoms with Crippen LogP contribution >= 0.6 is 23.8 Å². The first kappa shape index (κ1) is 19.4. The number of carbonyl (C=O) groups excluding carboxylic acids is 1. The number of hydrogen-bond donors (Lipinski definition) is 3. The van der Waals surface area contributed by atoms with E-state index in [1.54, 1.807) is 18.2 Å². The van der Waals surface area contributed by atoms with Gasteiger partial charge in [0.2, 0.25) is 11.7 Å². The smallest absolute Gasteiger partial charge is 0.371 e. The standard InChI is InChI=1S/C19H19ClN2O4S/c20-14-7-6-12(10-13(14)15-8-9-16(26-15)18(24)25)21-19(27)22-17(23)11-4-2-1-3-5-11/h6-11H,1-5H2,(H,24,25)(H2,21,22,23,27). The monoisotopic (exact) mass is 406 g/mol. The summed E-state index contributed by atoms with van der Waals surface area (Å²) in [5, 5.41) is 15.3. The number of rotatable bonds is 4. The molecule has 3 N–H and O–H groups in total. The number of carboxylic acids is 1. The highest BCUT2D eigenvalue weighted by molar-refractivity contribution is 7.80. The van der Waals surface area contributed by atoms with Crippen LogP contribution < -0.4 is 10.6 Å². The maximum atomic E-state index is 12.3. The highest BCUT2D eigenvalue weighted by Crippen LogP contribution is 2.32. The molecular weight excluding hydrogens is 388 g/mol. The number of carbonyl (C=O) groups is 2. The lowest BCUT2D eigenvalue weighted by atomic mass is 9.89. The van der Waals surface area contributed by atoms with Crippen molar-refractivity contribution in [1.82, 2.24) is 5.32 Å². The molecule has 27 heavy (non-hydrogen) atoms. The molecule has 1 fully saturated rings. The fourth-order valence-corrected chi connectivity index (χ4v) is 3.56. The third-order valence-corrected chi connectivity index (χ3v) is 5.05. The van der Waals surface area contributed by atoms with E-state index in [2.05, 4.69) is 10.6 Å². The van der Waals surface area contributed by atoms with Crippen LogP contribution in [0.2, 0.25) is 5.02 Å². The van der Waals surface area contributed by atoms with Crippen molar-refractivity contribution < 1.29 is 19.1 Å². The van der Waals surface area contributed by atoms with Crippen molar-refractivity contribution in [3.8, 4) is 11.3 Å². The molecule has 1 saturated carbocycles. The molecule has 0 unspecified atom stereocenters. The van der Waals surface area contributed by atoms with Gasteiger partial charge in [-0.15, -0.1) is 0 Å². The fraction of sp³-hybridized carbons (Fsp3) is 0.316. The van der Waals surface area contributed by atoms with Crippen molar-refractivity contribution in [2.24, 2.45) is 5.92 Å². The summed E-state index contributed by atoms with van der Waals surface area (Å²) in [5.74, 6) is -1.04. The molecule has 8 heteroatoms. The van der Waals surface area contributed by atoms with Crippen LogP contribution in [0.3, 0.4) is 0 Å². The molecule has 0 bridgehead atoms. The van der Waals surface area contributed by atoms with Crippen LogP contribution in [-0.2, 0) is 4.79 Å². The van der Waals surface area contributed by atoms with Gasteiger partial charge in [-0.2, -0.15) is 0 Å². The van der Waals surface area contributed by atoms with E-state index >= 15 is 0 Å². The molecule has 0 aliphatic heterocycles. The molecule has 0 saturated heterocycles. The summed E-state index contributed by atoms with van der Waals surface area (Å²) >= 11 is 11.4. The number of aromatic carboxylic acids is 1. The summed E-state index contributed by atoms with van der Waals surface area (Å²) in [7, 11) is 0. The summed E-state index contributed by atoms with van der Waals surface area (Å²) < 4.78 is 5.30. The summed E-state index contributed by atoms with van der Waals surface area (Å²) in [6.45, 7) is 0. The molecule has 1 heterocycles. The van der Waals surface area contributed by atoms with E-state index in [-0.39, 0.29) is 22.7 Å². The highest BCUT2D eigenvalue weighted by Gasteiger charge is 2.22. The Bertz CT molecular complexity index is 874. The first-order valence-electron chi connectivity index (χ1n) is 8.69. The summed E-state index contributed by atoms with van der Waals surface area (Å²) in [6, 6.07) is 7.95. The van der Waals surface area contributed by atoms with E-state index in [1.807, 2.05) is 0 Å². The maximum absolute atomic E-state index is 12.3. The van der Waals surface area contributed by atoms with Gasteiger partial charge in [-0.25, -0.2) is 4.79 Å². The Hall–Kier alpha value is -2.38. The highest BCUT2D eigenvalue weighted by atomic mass is 35.5. The van der Waals surface area contributed by atoms with Gasteiger partial charge in [-0.3, -0.25) is 4.79 Å². The quantitative estimate of drug-likeness (QED) is 0.638. The van der Waals surface area contributed by atoms with Crippen molar-refractivity contribution >= 4 is 46.5 Å². The first-order valence-corrected chi connectivity index (χ1v) is 9.47. The summed E-state index contributed by atoms with van der Waals surface area (Å²) in [5.41, 5.74) is 1.13. The molecule has 0 atom stereocenters. The Morgan fingerprint density at radius 3 is 2.56 bits per heavy atom. The average Bonchev–Trinajstić information content (AvgIpc) is 3.14. The number of thiocarbonyl (C=S) groups is 1. The number of nitrogens with one attached hydrogen (secondary N) is 2. The zero-order valence-corrected chi connectivity index (χ0v) is 16.0. The van der Waals surface area contributed by atoms with Crippen molar-refractivity contribution in [1.29, 1.82) is 0 Å². The first-order chi connectivity index (χ1) is 12.9. The number of amides is 1. The molecule has 142 valence electrons. The van der Waals surface area contributed by atoms with Crippen LogP contribution in [0.4, 0.5) is 5.69 Å². The van der Waals surface area contributed by atoms with Gasteiger partial charge in [0.15, 0.2) is 5.11 Å². The van der Waals surface area contributed by atoms with Gasteiger partial charge in [-0.05, 0) is 55.4 Å². The summed E-state index contributed by atoms with van der Waals surface area (Å²) in [6.07, 6.45) is 5.10. The lowest BCUT2D eigenvalue weighted by Crippen LogP contribution is -2.38. The molecule has 1 aliphatic carbocycles. The lowest BCUT2D eigenvalue weighted by Gasteiger charge is -2.21. The van der Waals surface area contributed by atoms with E-state index < -0.39 is 5.97 Å². The third kappa shape index (κ3) is 4.87.